The van der Waals surface area contributed by atoms with Crippen LogP contribution in [0.5, 0.6) is 0 Å². The molecular formula is C18H27N3O2. The zero-order valence-electron chi connectivity index (χ0n) is 14.1. The lowest BCUT2D eigenvalue weighted by Gasteiger charge is -2.23. The molecule has 0 aliphatic carbocycles. The fourth-order valence-electron chi connectivity index (χ4n) is 3.31. The van der Waals surface area contributed by atoms with Crippen molar-refractivity contribution in [2.45, 2.75) is 6.54 Å². The highest BCUT2D eigenvalue weighted by molar-refractivity contribution is 5.32. The van der Waals surface area contributed by atoms with Crippen molar-refractivity contribution in [2.24, 2.45) is 11.8 Å². The molecular weight excluding hydrogens is 290 g/mol. The van der Waals surface area contributed by atoms with Gasteiger partial charge in [0.25, 0.3) is 0 Å². The van der Waals surface area contributed by atoms with Crippen molar-refractivity contribution in [3.8, 4) is 6.07 Å². The molecule has 0 bridgehead atoms. The van der Waals surface area contributed by atoms with Crippen LogP contribution < -0.4 is 0 Å². The summed E-state index contributed by atoms with van der Waals surface area (Å²) in [6, 6.07) is 9.97. The van der Waals surface area contributed by atoms with E-state index < -0.39 is 0 Å². The maximum Gasteiger partial charge on any atom is 0.0991 e. The zero-order valence-corrected chi connectivity index (χ0v) is 14.1. The Bertz CT molecular complexity index is 529. The summed E-state index contributed by atoms with van der Waals surface area (Å²) in [5.74, 6) is 0.792. The number of hydrogen-bond acceptors (Lipinski definition) is 5. The number of likely N-dealkylation sites (tertiary alicyclic amines) is 1. The van der Waals surface area contributed by atoms with Gasteiger partial charge in [0, 0.05) is 46.4 Å². The number of hydrogen-bond donors (Lipinski definition) is 1. The minimum atomic E-state index is 0.234. The summed E-state index contributed by atoms with van der Waals surface area (Å²) in [5, 5.41) is 18.7. The van der Waals surface area contributed by atoms with Gasteiger partial charge in [0.2, 0.25) is 0 Å². The molecule has 1 aromatic rings. The molecule has 126 valence electrons. The summed E-state index contributed by atoms with van der Waals surface area (Å²) in [7, 11) is 3.82. The second-order valence-electron chi connectivity index (χ2n) is 6.46. The van der Waals surface area contributed by atoms with Gasteiger partial charge in [0.1, 0.15) is 0 Å². The molecule has 0 amide bonds. The van der Waals surface area contributed by atoms with Crippen LogP contribution in [0.2, 0.25) is 0 Å². The first-order chi connectivity index (χ1) is 11.2. The highest BCUT2D eigenvalue weighted by Crippen LogP contribution is 2.25. The predicted molar refractivity (Wildman–Crippen MR) is 89.9 cm³/mol. The van der Waals surface area contributed by atoms with E-state index in [1.807, 2.05) is 18.2 Å². The number of methoxy groups -OCH3 is 1. The van der Waals surface area contributed by atoms with Crippen LogP contribution in [0.1, 0.15) is 11.1 Å². The summed E-state index contributed by atoms with van der Waals surface area (Å²) in [6.07, 6.45) is 0. The molecule has 1 aliphatic heterocycles. The van der Waals surface area contributed by atoms with E-state index in [9.17, 15) is 5.11 Å². The molecule has 2 rings (SSSR count). The van der Waals surface area contributed by atoms with E-state index in [0.29, 0.717) is 17.4 Å². The molecule has 0 radical (unpaired) electrons. The van der Waals surface area contributed by atoms with E-state index in [-0.39, 0.29) is 6.61 Å². The molecule has 1 heterocycles. The number of aliphatic hydroxyl groups is 1. The lowest BCUT2D eigenvalue weighted by Crippen LogP contribution is -2.33. The van der Waals surface area contributed by atoms with E-state index in [0.717, 1.165) is 44.9 Å². The molecule has 1 N–H and O–H groups in total. The fourth-order valence-corrected chi connectivity index (χ4v) is 3.31. The van der Waals surface area contributed by atoms with Gasteiger partial charge in [0.15, 0.2) is 0 Å². The third-order valence-electron chi connectivity index (χ3n) is 4.57. The van der Waals surface area contributed by atoms with E-state index >= 15 is 0 Å². The van der Waals surface area contributed by atoms with Gasteiger partial charge in [-0.25, -0.2) is 0 Å². The molecule has 0 spiro atoms. The summed E-state index contributed by atoms with van der Waals surface area (Å²) in [5.41, 5.74) is 1.87. The number of nitrogens with zero attached hydrogens (tertiary/aromatic N) is 3. The van der Waals surface area contributed by atoms with Crippen LogP contribution in [0.3, 0.4) is 0 Å². The van der Waals surface area contributed by atoms with Gasteiger partial charge in [-0.15, -0.1) is 0 Å². The Kier molecular flexibility index (Phi) is 7.00. The van der Waals surface area contributed by atoms with E-state index in [1.165, 1.54) is 0 Å². The third-order valence-corrected chi connectivity index (χ3v) is 4.57. The molecule has 0 aromatic heterocycles. The molecule has 2 atom stereocenters. The standard InChI is InChI=1S/C18H27N3O2/c1-20(6-7-23-2)11-17-12-21(13-18(17)14-22)10-16-5-3-4-15(8-16)9-19/h3-5,8,17-18,22H,6-7,10-14H2,1-2H3/t17-,18-/m1/s1. The lowest BCUT2D eigenvalue weighted by molar-refractivity contribution is 0.136. The van der Waals surface area contributed by atoms with Crippen molar-refractivity contribution in [2.75, 3.05) is 53.6 Å². The molecule has 1 aromatic carbocycles. The summed E-state index contributed by atoms with van der Waals surface area (Å²) in [4.78, 5) is 4.66. The first-order valence-electron chi connectivity index (χ1n) is 8.16. The largest absolute Gasteiger partial charge is 0.396 e. The first-order valence-corrected chi connectivity index (χ1v) is 8.16. The van der Waals surface area contributed by atoms with Crippen LogP contribution >= 0.6 is 0 Å². The monoisotopic (exact) mass is 317 g/mol. The molecule has 5 nitrogen and oxygen atoms in total. The van der Waals surface area contributed by atoms with E-state index in [1.54, 1.807) is 7.11 Å². The average molecular weight is 317 g/mol. The molecule has 5 heteroatoms. The smallest absolute Gasteiger partial charge is 0.0991 e. The van der Waals surface area contributed by atoms with Gasteiger partial charge in [-0.3, -0.25) is 4.90 Å². The van der Waals surface area contributed by atoms with Crippen molar-refractivity contribution >= 4 is 0 Å². The van der Waals surface area contributed by atoms with Crippen molar-refractivity contribution in [3.05, 3.63) is 35.4 Å². The SMILES string of the molecule is COCCN(C)C[C@@H]1CN(Cc2cccc(C#N)c2)C[C@@H]1CO. The molecule has 1 fully saturated rings. The molecule has 1 saturated heterocycles. The lowest BCUT2D eigenvalue weighted by atomic mass is 9.96. The Morgan fingerprint density at radius 2 is 2.17 bits per heavy atom. The van der Waals surface area contributed by atoms with Crippen LogP contribution in [-0.4, -0.2) is 68.5 Å². The number of ether oxygens (including phenoxy) is 1. The summed E-state index contributed by atoms with van der Waals surface area (Å²) in [6.45, 7) is 5.59. The van der Waals surface area contributed by atoms with Gasteiger partial charge < -0.3 is 14.7 Å². The van der Waals surface area contributed by atoms with Crippen LogP contribution in [0, 0.1) is 23.2 Å². The Morgan fingerprint density at radius 1 is 1.39 bits per heavy atom. The minimum absolute atomic E-state index is 0.234. The fraction of sp³-hybridized carbons (Fsp3) is 0.611. The quantitative estimate of drug-likeness (QED) is 0.780. The number of rotatable bonds is 8. The third kappa shape index (κ3) is 5.29. The predicted octanol–water partition coefficient (Wildman–Crippen LogP) is 1.18. The highest BCUT2D eigenvalue weighted by atomic mass is 16.5. The Labute approximate surface area is 139 Å². The van der Waals surface area contributed by atoms with Gasteiger partial charge in [-0.05, 0) is 36.6 Å². The Morgan fingerprint density at radius 3 is 2.87 bits per heavy atom. The zero-order chi connectivity index (χ0) is 16.7. The van der Waals surface area contributed by atoms with Gasteiger partial charge in [-0.2, -0.15) is 5.26 Å². The Hall–Kier alpha value is -1.45. The first kappa shape index (κ1) is 17.9. The van der Waals surface area contributed by atoms with Gasteiger partial charge >= 0.3 is 0 Å². The van der Waals surface area contributed by atoms with Crippen LogP contribution in [0.4, 0.5) is 0 Å². The highest BCUT2D eigenvalue weighted by Gasteiger charge is 2.32. The number of aliphatic hydroxyl groups excluding tert-OH is 1. The van der Waals surface area contributed by atoms with Crippen molar-refractivity contribution in [1.82, 2.24) is 9.80 Å². The van der Waals surface area contributed by atoms with Crippen molar-refractivity contribution < 1.29 is 9.84 Å². The molecule has 0 saturated carbocycles. The van der Waals surface area contributed by atoms with Crippen LogP contribution in [0.25, 0.3) is 0 Å². The minimum Gasteiger partial charge on any atom is -0.396 e. The van der Waals surface area contributed by atoms with Crippen molar-refractivity contribution in [1.29, 1.82) is 5.26 Å². The second kappa shape index (κ2) is 8.99. The maximum atomic E-state index is 9.68. The van der Waals surface area contributed by atoms with Crippen molar-refractivity contribution in [3.63, 3.8) is 0 Å². The van der Waals surface area contributed by atoms with E-state index in [2.05, 4.69) is 29.0 Å². The second-order valence-corrected chi connectivity index (χ2v) is 6.46. The number of nitriles is 1. The van der Waals surface area contributed by atoms with Gasteiger partial charge in [0.05, 0.1) is 18.2 Å². The maximum absolute atomic E-state index is 9.68. The van der Waals surface area contributed by atoms with Crippen LogP contribution in [0.15, 0.2) is 24.3 Å². The molecule has 1 aliphatic rings. The van der Waals surface area contributed by atoms with E-state index in [4.69, 9.17) is 10.00 Å². The molecule has 23 heavy (non-hydrogen) atoms. The topological polar surface area (TPSA) is 59.7 Å². The summed E-state index contributed by atoms with van der Waals surface area (Å²) >= 11 is 0. The average Bonchev–Trinajstić information content (AvgIpc) is 2.94. The number of benzene rings is 1. The number of likely N-dealkylation sites (N-methyl/N-ethyl adjacent to an activating group) is 1. The normalized spacial score (nSPS) is 21.7. The molecule has 0 unspecified atom stereocenters. The Balaban J connectivity index is 1.91. The van der Waals surface area contributed by atoms with Crippen LogP contribution in [-0.2, 0) is 11.3 Å². The van der Waals surface area contributed by atoms with Gasteiger partial charge in [-0.1, -0.05) is 12.1 Å². The summed E-state index contributed by atoms with van der Waals surface area (Å²) < 4.78 is 5.12.